The molecule has 0 radical (unpaired) electrons. The third-order valence-corrected chi connectivity index (χ3v) is 5.91. The lowest BCUT2D eigenvalue weighted by atomic mass is 10.2. The summed E-state index contributed by atoms with van der Waals surface area (Å²) in [6.45, 7) is -0.234. The fourth-order valence-corrected chi connectivity index (χ4v) is 3.84. The molecular formula is C26H18BrFN8O5. The lowest BCUT2D eigenvalue weighted by Crippen LogP contribution is -2.21. The Morgan fingerprint density at radius 1 is 1.10 bits per heavy atom. The highest BCUT2D eigenvalue weighted by Gasteiger charge is 2.24. The molecule has 2 aromatic heterocycles. The molecule has 3 aromatic carbocycles. The Bertz CT molecular complexity index is 1720. The first-order valence-corrected chi connectivity index (χ1v) is 12.5. The number of rotatable bonds is 9. The maximum absolute atomic E-state index is 13.3. The Morgan fingerprint density at radius 2 is 1.88 bits per heavy atom. The molecule has 13 nitrogen and oxygen atoms in total. The molecule has 2 heterocycles. The topological polar surface area (TPSA) is 173 Å². The van der Waals surface area contributed by atoms with E-state index in [1.165, 1.54) is 30.5 Å². The number of carbonyl (C=O) groups excluding carboxylic acids is 2. The quantitative estimate of drug-likeness (QED) is 0.107. The summed E-state index contributed by atoms with van der Waals surface area (Å²) in [4.78, 5) is 25.6. The number of nitrogens with zero attached hydrogens (tertiary/aromatic N) is 6. The Kier molecular flexibility index (Phi) is 8.05. The van der Waals surface area contributed by atoms with Gasteiger partial charge in [-0.1, -0.05) is 39.3 Å². The summed E-state index contributed by atoms with van der Waals surface area (Å²) in [5.74, 6) is -1.33. The van der Waals surface area contributed by atoms with Gasteiger partial charge >= 0.3 is 5.97 Å². The average molecular weight is 621 g/mol. The van der Waals surface area contributed by atoms with Gasteiger partial charge in [0.1, 0.15) is 29.6 Å². The second-order valence-corrected chi connectivity index (χ2v) is 9.06. The van der Waals surface area contributed by atoms with Crippen LogP contribution in [0, 0.1) is 5.82 Å². The summed E-state index contributed by atoms with van der Waals surface area (Å²) in [5, 5.41) is 19.0. The van der Waals surface area contributed by atoms with Crippen molar-refractivity contribution in [2.75, 3.05) is 5.73 Å². The number of aromatic nitrogens is 5. The number of hydrogen-bond acceptors (Lipinski definition) is 11. The monoisotopic (exact) mass is 620 g/mol. The summed E-state index contributed by atoms with van der Waals surface area (Å²) < 4.78 is 30.9. The van der Waals surface area contributed by atoms with Crippen LogP contribution in [0.15, 0.2) is 87.0 Å². The molecule has 0 bridgehead atoms. The average Bonchev–Trinajstić information content (AvgIpc) is 3.60. The number of carbonyl (C=O) groups is 2. The van der Waals surface area contributed by atoms with Gasteiger partial charge in [-0.3, -0.25) is 4.79 Å². The third kappa shape index (κ3) is 6.42. The highest BCUT2D eigenvalue weighted by molar-refractivity contribution is 9.10. The van der Waals surface area contributed by atoms with E-state index in [-0.39, 0.29) is 35.4 Å². The molecular weight excluding hydrogens is 603 g/mol. The predicted molar refractivity (Wildman–Crippen MR) is 145 cm³/mol. The van der Waals surface area contributed by atoms with Crippen LogP contribution in [0.25, 0.3) is 5.82 Å². The van der Waals surface area contributed by atoms with Gasteiger partial charge in [-0.05, 0) is 64.9 Å². The highest BCUT2D eigenvalue weighted by atomic mass is 79.9. The van der Waals surface area contributed by atoms with Crippen LogP contribution in [0.1, 0.15) is 32.1 Å². The number of amides is 1. The number of anilines is 1. The van der Waals surface area contributed by atoms with Crippen LogP contribution in [-0.2, 0) is 6.61 Å². The van der Waals surface area contributed by atoms with Gasteiger partial charge in [0.2, 0.25) is 11.6 Å². The standard InChI is InChI=1S/C26H18BrFN8O5/c27-17-6-11-21(40-26(38)15-4-2-1-3-5-15)16(12-17)13-30-32-25(37)22-20(14-39-19-9-7-18(28)8-10-19)36(35-31-22)24-23(29)33-41-34-24/h1-13H,14H2,(H2,29,33)(H,32,37). The van der Waals surface area contributed by atoms with Crippen molar-refractivity contribution in [3.63, 3.8) is 0 Å². The lowest BCUT2D eigenvalue weighted by Gasteiger charge is -2.09. The Hall–Kier alpha value is -5.44. The molecule has 15 heteroatoms. The fraction of sp³-hybridized carbons (Fsp3) is 0.0385. The van der Waals surface area contributed by atoms with E-state index in [1.54, 1.807) is 48.5 Å². The van der Waals surface area contributed by atoms with Crippen molar-refractivity contribution in [1.82, 2.24) is 30.7 Å². The van der Waals surface area contributed by atoms with Crippen LogP contribution in [0.4, 0.5) is 10.2 Å². The number of ether oxygens (including phenoxy) is 2. The van der Waals surface area contributed by atoms with Gasteiger partial charge in [0.05, 0.1) is 11.8 Å². The number of esters is 1. The van der Waals surface area contributed by atoms with Crippen LogP contribution < -0.4 is 20.6 Å². The van der Waals surface area contributed by atoms with E-state index in [4.69, 9.17) is 15.2 Å². The number of nitrogens with two attached hydrogens (primary N) is 1. The Balaban J connectivity index is 1.36. The summed E-state index contributed by atoms with van der Waals surface area (Å²) in [6, 6.07) is 18.7. The summed E-state index contributed by atoms with van der Waals surface area (Å²) in [6.07, 6.45) is 1.30. The van der Waals surface area contributed by atoms with Crippen molar-refractivity contribution < 1.29 is 28.1 Å². The van der Waals surface area contributed by atoms with Gasteiger partial charge in [-0.15, -0.1) is 5.10 Å². The molecule has 0 atom stereocenters. The third-order valence-electron chi connectivity index (χ3n) is 5.42. The second-order valence-electron chi connectivity index (χ2n) is 8.15. The van der Waals surface area contributed by atoms with E-state index in [1.807, 2.05) is 0 Å². The smallest absolute Gasteiger partial charge is 0.343 e. The van der Waals surface area contributed by atoms with E-state index in [0.717, 1.165) is 4.68 Å². The van der Waals surface area contributed by atoms with Gasteiger partial charge in [0, 0.05) is 10.0 Å². The number of nitrogens with one attached hydrogen (secondary N) is 1. The van der Waals surface area contributed by atoms with Crippen LogP contribution >= 0.6 is 15.9 Å². The van der Waals surface area contributed by atoms with Gasteiger partial charge in [0.15, 0.2) is 5.69 Å². The molecule has 3 N–H and O–H groups in total. The number of halogens is 2. The van der Waals surface area contributed by atoms with Crippen molar-refractivity contribution in [2.24, 2.45) is 5.10 Å². The van der Waals surface area contributed by atoms with E-state index in [2.05, 4.69) is 51.7 Å². The van der Waals surface area contributed by atoms with Gasteiger partial charge in [0.25, 0.3) is 5.91 Å². The van der Waals surface area contributed by atoms with Crippen LogP contribution in [-0.4, -0.2) is 43.4 Å². The number of nitrogen functional groups attached to an aromatic ring is 1. The lowest BCUT2D eigenvalue weighted by molar-refractivity contribution is 0.0734. The van der Waals surface area contributed by atoms with E-state index in [9.17, 15) is 14.0 Å². The first kappa shape index (κ1) is 27.1. The Morgan fingerprint density at radius 3 is 2.61 bits per heavy atom. The molecule has 0 saturated carbocycles. The maximum atomic E-state index is 13.3. The molecule has 0 spiro atoms. The molecule has 0 aliphatic carbocycles. The molecule has 1 amide bonds. The van der Waals surface area contributed by atoms with Crippen LogP contribution in [0.5, 0.6) is 11.5 Å². The van der Waals surface area contributed by atoms with Gasteiger partial charge in [-0.25, -0.2) is 19.2 Å². The summed E-state index contributed by atoms with van der Waals surface area (Å²) >= 11 is 3.37. The van der Waals surface area contributed by atoms with Crippen molar-refractivity contribution in [3.05, 3.63) is 106 Å². The first-order valence-electron chi connectivity index (χ1n) is 11.7. The predicted octanol–water partition coefficient (Wildman–Crippen LogP) is 3.70. The van der Waals surface area contributed by atoms with Crippen molar-refractivity contribution in [2.45, 2.75) is 6.61 Å². The van der Waals surface area contributed by atoms with Crippen LogP contribution in [0.2, 0.25) is 0 Å². The number of benzene rings is 3. The van der Waals surface area contributed by atoms with Crippen molar-refractivity contribution in [3.8, 4) is 17.3 Å². The van der Waals surface area contributed by atoms with E-state index >= 15 is 0 Å². The summed E-state index contributed by atoms with van der Waals surface area (Å²) in [5.41, 5.74) is 8.88. The molecule has 0 unspecified atom stereocenters. The molecule has 41 heavy (non-hydrogen) atoms. The first-order chi connectivity index (χ1) is 19.9. The van der Waals surface area contributed by atoms with Gasteiger partial charge in [-0.2, -0.15) is 9.78 Å². The molecule has 0 aliphatic rings. The normalized spacial score (nSPS) is 11.0. The second kappa shape index (κ2) is 12.2. The molecule has 206 valence electrons. The zero-order valence-corrected chi connectivity index (χ0v) is 22.4. The zero-order valence-electron chi connectivity index (χ0n) is 20.8. The van der Waals surface area contributed by atoms with Crippen molar-refractivity contribution in [1.29, 1.82) is 0 Å². The highest BCUT2D eigenvalue weighted by Crippen LogP contribution is 2.23. The number of hydrogen-bond donors (Lipinski definition) is 2. The van der Waals surface area contributed by atoms with Crippen molar-refractivity contribution >= 4 is 39.8 Å². The summed E-state index contributed by atoms with van der Waals surface area (Å²) in [7, 11) is 0. The van der Waals surface area contributed by atoms with Crippen LogP contribution in [0.3, 0.4) is 0 Å². The molecule has 0 aliphatic heterocycles. The molecule has 5 rings (SSSR count). The van der Waals surface area contributed by atoms with E-state index < -0.39 is 17.7 Å². The minimum Gasteiger partial charge on any atom is -0.487 e. The molecule has 0 saturated heterocycles. The maximum Gasteiger partial charge on any atom is 0.343 e. The number of hydrazone groups is 1. The van der Waals surface area contributed by atoms with Gasteiger partial charge < -0.3 is 15.2 Å². The fourth-order valence-electron chi connectivity index (χ4n) is 3.46. The molecule has 0 fully saturated rings. The minimum absolute atomic E-state index is 0.0169. The minimum atomic E-state index is -0.752. The van der Waals surface area contributed by atoms with E-state index in [0.29, 0.717) is 21.3 Å². The largest absolute Gasteiger partial charge is 0.487 e. The Labute approximate surface area is 238 Å². The SMILES string of the molecule is Nc1nonc1-n1nnc(C(=O)NN=Cc2cc(Br)ccc2OC(=O)c2ccccc2)c1COc1ccc(F)cc1. The molecule has 5 aromatic rings. The zero-order chi connectivity index (χ0) is 28.8.